The quantitative estimate of drug-likeness (QED) is 0.676. The molecule has 2 aromatic carbocycles. The summed E-state index contributed by atoms with van der Waals surface area (Å²) in [5.74, 6) is 1.84. The summed E-state index contributed by atoms with van der Waals surface area (Å²) in [5, 5.41) is 0. The summed E-state index contributed by atoms with van der Waals surface area (Å²) in [5.41, 5.74) is 4.56. The van der Waals surface area contributed by atoms with Crippen LogP contribution in [0.5, 0.6) is 11.5 Å². The molecule has 2 nitrogen and oxygen atoms in total. The van der Waals surface area contributed by atoms with E-state index in [1.165, 1.54) is 11.1 Å². The van der Waals surface area contributed by atoms with Gasteiger partial charge >= 0.3 is 0 Å². The molecule has 2 rings (SSSR count). The van der Waals surface area contributed by atoms with Crippen molar-refractivity contribution in [1.29, 1.82) is 0 Å². The Labute approximate surface area is 133 Å². The second kappa shape index (κ2) is 7.69. The minimum atomic E-state index is 0.666. The van der Waals surface area contributed by atoms with Gasteiger partial charge in [-0.3, -0.25) is 0 Å². The third-order valence-electron chi connectivity index (χ3n) is 3.38. The molecule has 0 radical (unpaired) electrons. The van der Waals surface area contributed by atoms with Crippen LogP contribution in [-0.2, 0) is 0 Å². The predicted molar refractivity (Wildman–Crippen MR) is 93.6 cm³/mol. The van der Waals surface area contributed by atoms with E-state index in [0.29, 0.717) is 13.2 Å². The van der Waals surface area contributed by atoms with E-state index < -0.39 is 0 Å². The van der Waals surface area contributed by atoms with Crippen LogP contribution in [0.1, 0.15) is 36.1 Å². The topological polar surface area (TPSA) is 18.5 Å². The molecule has 0 saturated heterocycles. The van der Waals surface area contributed by atoms with Crippen molar-refractivity contribution in [2.24, 2.45) is 0 Å². The van der Waals surface area contributed by atoms with Gasteiger partial charge in [-0.15, -0.1) is 0 Å². The number of hydrogen-bond acceptors (Lipinski definition) is 2. The van der Waals surface area contributed by atoms with Crippen LogP contribution in [0.25, 0.3) is 12.2 Å². The smallest absolute Gasteiger partial charge is 0.126 e. The van der Waals surface area contributed by atoms with E-state index in [2.05, 4.69) is 62.4 Å². The van der Waals surface area contributed by atoms with Crippen LogP contribution in [-0.4, -0.2) is 13.2 Å². The lowest BCUT2D eigenvalue weighted by Crippen LogP contribution is -1.95. The predicted octanol–water partition coefficient (Wildman–Crippen LogP) is 5.27. The highest BCUT2D eigenvalue weighted by molar-refractivity contribution is 5.75. The molecule has 2 heteroatoms. The monoisotopic (exact) mass is 296 g/mol. The van der Waals surface area contributed by atoms with Crippen LogP contribution in [0.15, 0.2) is 36.4 Å². The van der Waals surface area contributed by atoms with Gasteiger partial charge in [0.05, 0.1) is 13.2 Å². The van der Waals surface area contributed by atoms with Crippen LogP contribution in [0.4, 0.5) is 0 Å². The Kier molecular flexibility index (Phi) is 5.65. The standard InChI is InChI=1S/C20H24O2/c1-5-21-19-13-15(3)7-9-17(19)11-12-18-10-8-16(4)14-20(18)22-6-2/h7-14H,5-6H2,1-4H3. The maximum Gasteiger partial charge on any atom is 0.126 e. The second-order valence-electron chi connectivity index (χ2n) is 5.28. The van der Waals surface area contributed by atoms with Gasteiger partial charge in [0.1, 0.15) is 11.5 Å². The van der Waals surface area contributed by atoms with E-state index >= 15 is 0 Å². The average Bonchev–Trinajstić information content (AvgIpc) is 2.49. The second-order valence-corrected chi connectivity index (χ2v) is 5.28. The van der Waals surface area contributed by atoms with Gasteiger partial charge in [0.15, 0.2) is 0 Å². The molecule has 0 bridgehead atoms. The average molecular weight is 296 g/mol. The number of ether oxygens (including phenoxy) is 2. The van der Waals surface area contributed by atoms with E-state index in [9.17, 15) is 0 Å². The first kappa shape index (κ1) is 16.2. The fourth-order valence-corrected chi connectivity index (χ4v) is 2.30. The van der Waals surface area contributed by atoms with E-state index in [-0.39, 0.29) is 0 Å². The molecule has 0 amide bonds. The lowest BCUT2D eigenvalue weighted by molar-refractivity contribution is 0.339. The molecule has 0 spiro atoms. The van der Waals surface area contributed by atoms with E-state index in [4.69, 9.17) is 9.47 Å². The third-order valence-corrected chi connectivity index (χ3v) is 3.38. The Hall–Kier alpha value is -2.22. The maximum atomic E-state index is 5.72. The number of aryl methyl sites for hydroxylation is 2. The van der Waals surface area contributed by atoms with Crippen molar-refractivity contribution in [3.05, 3.63) is 58.7 Å². The van der Waals surface area contributed by atoms with Crippen molar-refractivity contribution in [2.45, 2.75) is 27.7 Å². The Balaban J connectivity index is 2.32. The molecule has 0 fully saturated rings. The van der Waals surface area contributed by atoms with Crippen molar-refractivity contribution < 1.29 is 9.47 Å². The van der Waals surface area contributed by atoms with Gasteiger partial charge in [-0.2, -0.15) is 0 Å². The molecular weight excluding hydrogens is 272 g/mol. The summed E-state index contributed by atoms with van der Waals surface area (Å²) in [6, 6.07) is 12.5. The molecule has 2 aromatic rings. The summed E-state index contributed by atoms with van der Waals surface area (Å²) >= 11 is 0. The molecule has 0 aliphatic carbocycles. The molecule has 0 aliphatic heterocycles. The molecule has 0 saturated carbocycles. The zero-order valence-electron chi connectivity index (χ0n) is 13.8. The van der Waals surface area contributed by atoms with Crippen LogP contribution in [0.3, 0.4) is 0 Å². The fraction of sp³-hybridized carbons (Fsp3) is 0.300. The Morgan fingerprint density at radius 1 is 0.727 bits per heavy atom. The minimum absolute atomic E-state index is 0.666. The van der Waals surface area contributed by atoms with Gasteiger partial charge in [0, 0.05) is 11.1 Å². The Morgan fingerprint density at radius 3 is 1.50 bits per heavy atom. The Morgan fingerprint density at radius 2 is 1.14 bits per heavy atom. The third kappa shape index (κ3) is 4.14. The first-order valence-corrected chi connectivity index (χ1v) is 7.79. The van der Waals surface area contributed by atoms with E-state index in [1.807, 2.05) is 13.8 Å². The fourth-order valence-electron chi connectivity index (χ4n) is 2.30. The van der Waals surface area contributed by atoms with Crippen LogP contribution in [0, 0.1) is 13.8 Å². The zero-order chi connectivity index (χ0) is 15.9. The van der Waals surface area contributed by atoms with Crippen molar-refractivity contribution in [3.8, 4) is 11.5 Å². The van der Waals surface area contributed by atoms with Gasteiger partial charge in [0.2, 0.25) is 0 Å². The highest BCUT2D eigenvalue weighted by atomic mass is 16.5. The summed E-state index contributed by atoms with van der Waals surface area (Å²) < 4.78 is 11.4. The molecular formula is C20H24O2. The SMILES string of the molecule is CCOc1cc(C)ccc1C=Cc1ccc(C)cc1OCC. The summed E-state index contributed by atoms with van der Waals surface area (Å²) in [4.78, 5) is 0. The lowest BCUT2D eigenvalue weighted by Gasteiger charge is -2.10. The van der Waals surface area contributed by atoms with E-state index in [1.54, 1.807) is 0 Å². The van der Waals surface area contributed by atoms with Crippen molar-refractivity contribution in [2.75, 3.05) is 13.2 Å². The largest absolute Gasteiger partial charge is 0.493 e. The van der Waals surface area contributed by atoms with Crippen LogP contribution >= 0.6 is 0 Å². The maximum absolute atomic E-state index is 5.72. The van der Waals surface area contributed by atoms with Crippen molar-refractivity contribution in [1.82, 2.24) is 0 Å². The van der Waals surface area contributed by atoms with Crippen molar-refractivity contribution in [3.63, 3.8) is 0 Å². The molecule has 116 valence electrons. The highest BCUT2D eigenvalue weighted by Crippen LogP contribution is 2.26. The van der Waals surface area contributed by atoms with Gasteiger partial charge < -0.3 is 9.47 Å². The molecule has 22 heavy (non-hydrogen) atoms. The molecule has 0 N–H and O–H groups in total. The Bertz CT molecular complexity index is 599. The molecule has 0 atom stereocenters. The molecule has 0 aromatic heterocycles. The summed E-state index contributed by atoms with van der Waals surface area (Å²) in [6.45, 7) is 9.48. The zero-order valence-corrected chi connectivity index (χ0v) is 13.8. The molecule has 0 unspecified atom stereocenters. The summed E-state index contributed by atoms with van der Waals surface area (Å²) in [6.07, 6.45) is 4.16. The molecule has 0 heterocycles. The number of rotatable bonds is 6. The number of benzene rings is 2. The van der Waals surface area contributed by atoms with Gasteiger partial charge in [0.25, 0.3) is 0 Å². The van der Waals surface area contributed by atoms with Gasteiger partial charge in [-0.1, -0.05) is 36.4 Å². The van der Waals surface area contributed by atoms with E-state index in [0.717, 1.165) is 22.6 Å². The lowest BCUT2D eigenvalue weighted by atomic mass is 10.1. The van der Waals surface area contributed by atoms with Gasteiger partial charge in [-0.05, 0) is 51.0 Å². The molecule has 0 aliphatic rings. The van der Waals surface area contributed by atoms with Crippen LogP contribution < -0.4 is 9.47 Å². The first-order valence-electron chi connectivity index (χ1n) is 7.79. The number of hydrogen-bond donors (Lipinski definition) is 0. The minimum Gasteiger partial charge on any atom is -0.493 e. The first-order chi connectivity index (χ1) is 10.6. The normalized spacial score (nSPS) is 10.9. The van der Waals surface area contributed by atoms with Crippen molar-refractivity contribution >= 4 is 12.2 Å². The van der Waals surface area contributed by atoms with Crippen LogP contribution in [0.2, 0.25) is 0 Å². The summed E-state index contributed by atoms with van der Waals surface area (Å²) in [7, 11) is 0. The van der Waals surface area contributed by atoms with Gasteiger partial charge in [-0.25, -0.2) is 0 Å². The highest BCUT2D eigenvalue weighted by Gasteiger charge is 2.03.